The Morgan fingerprint density at radius 3 is 2.68 bits per heavy atom. The fourth-order valence-corrected chi connectivity index (χ4v) is 4.81. The van der Waals surface area contributed by atoms with Crippen molar-refractivity contribution in [2.75, 3.05) is 13.1 Å². The largest absolute Gasteiger partial charge is 0.342 e. The van der Waals surface area contributed by atoms with Crippen LogP contribution < -0.4 is 11.2 Å². The monoisotopic (exact) mass is 375 g/mol. The molecule has 4 rings (SSSR count). The summed E-state index contributed by atoms with van der Waals surface area (Å²) < 4.78 is 1.91. The van der Waals surface area contributed by atoms with E-state index in [-0.39, 0.29) is 23.2 Å². The minimum atomic E-state index is -0.362. The van der Waals surface area contributed by atoms with Crippen LogP contribution in [0.4, 0.5) is 0 Å². The first kappa shape index (κ1) is 16.3. The predicted octanol–water partition coefficient (Wildman–Crippen LogP) is 2.22. The van der Waals surface area contributed by atoms with Crippen molar-refractivity contribution in [2.24, 2.45) is 0 Å². The smallest absolute Gasteiger partial charge is 0.329 e. The molecule has 0 radical (unpaired) electrons. The van der Waals surface area contributed by atoms with Crippen LogP contribution >= 0.6 is 22.7 Å². The lowest BCUT2D eigenvalue weighted by Crippen LogP contribution is -2.45. The maximum Gasteiger partial charge on any atom is 0.329 e. The van der Waals surface area contributed by atoms with E-state index in [2.05, 4.69) is 4.98 Å². The van der Waals surface area contributed by atoms with Crippen molar-refractivity contribution in [3.63, 3.8) is 0 Å². The number of hydrogen-bond acceptors (Lipinski definition) is 5. The Morgan fingerprint density at radius 2 is 1.96 bits per heavy atom. The lowest BCUT2D eigenvalue weighted by atomic mass is 10.0. The lowest BCUT2D eigenvalue weighted by molar-refractivity contribution is -0.131. The summed E-state index contributed by atoms with van der Waals surface area (Å²) in [4.78, 5) is 43.0. The van der Waals surface area contributed by atoms with Gasteiger partial charge in [0, 0.05) is 24.0 Å². The molecular weight excluding hydrogens is 358 g/mol. The fourth-order valence-electron chi connectivity index (χ4n) is 3.33. The van der Waals surface area contributed by atoms with Crippen LogP contribution in [0.25, 0.3) is 10.2 Å². The number of aromatic amines is 1. The molecule has 0 saturated carbocycles. The lowest BCUT2D eigenvalue weighted by Gasteiger charge is -2.32. The number of rotatable bonds is 3. The van der Waals surface area contributed by atoms with Gasteiger partial charge in [-0.15, -0.1) is 22.7 Å². The molecule has 3 aromatic heterocycles. The second kappa shape index (κ2) is 6.61. The second-order valence-corrected chi connectivity index (χ2v) is 8.09. The van der Waals surface area contributed by atoms with Crippen LogP contribution in [0.1, 0.15) is 23.8 Å². The first-order chi connectivity index (χ1) is 12.1. The van der Waals surface area contributed by atoms with Gasteiger partial charge in [-0.25, -0.2) is 4.79 Å². The van der Waals surface area contributed by atoms with Gasteiger partial charge in [-0.1, -0.05) is 6.07 Å². The topological polar surface area (TPSA) is 75.2 Å². The van der Waals surface area contributed by atoms with Crippen LogP contribution in [-0.4, -0.2) is 33.4 Å². The van der Waals surface area contributed by atoms with Gasteiger partial charge in [0.1, 0.15) is 4.70 Å². The van der Waals surface area contributed by atoms with Gasteiger partial charge in [0.2, 0.25) is 5.91 Å². The molecule has 0 unspecified atom stereocenters. The van der Waals surface area contributed by atoms with Crippen molar-refractivity contribution in [2.45, 2.75) is 25.3 Å². The number of nitrogens with zero attached hydrogens (tertiary/aromatic N) is 2. The highest BCUT2D eigenvalue weighted by molar-refractivity contribution is 7.17. The zero-order valence-electron chi connectivity index (χ0n) is 13.4. The summed E-state index contributed by atoms with van der Waals surface area (Å²) in [6.07, 6.45) is 1.66. The number of amides is 1. The van der Waals surface area contributed by atoms with Crippen molar-refractivity contribution >= 4 is 38.8 Å². The molecule has 0 spiro atoms. The van der Waals surface area contributed by atoms with E-state index in [0.717, 1.165) is 4.88 Å². The molecule has 0 bridgehead atoms. The first-order valence-corrected chi connectivity index (χ1v) is 9.91. The highest BCUT2D eigenvalue weighted by Gasteiger charge is 2.26. The Labute approximate surface area is 151 Å². The summed E-state index contributed by atoms with van der Waals surface area (Å²) >= 11 is 2.92. The normalized spacial score (nSPS) is 15.8. The summed E-state index contributed by atoms with van der Waals surface area (Å²) in [7, 11) is 0. The van der Waals surface area contributed by atoms with Gasteiger partial charge in [0.05, 0.1) is 11.9 Å². The van der Waals surface area contributed by atoms with Crippen molar-refractivity contribution in [1.82, 2.24) is 14.5 Å². The third-order valence-electron chi connectivity index (χ3n) is 4.63. The van der Waals surface area contributed by atoms with Crippen LogP contribution in [0.3, 0.4) is 0 Å². The van der Waals surface area contributed by atoms with E-state index in [1.165, 1.54) is 15.9 Å². The van der Waals surface area contributed by atoms with E-state index >= 15 is 0 Å². The highest BCUT2D eigenvalue weighted by Crippen LogP contribution is 2.22. The van der Waals surface area contributed by atoms with Gasteiger partial charge in [-0.2, -0.15) is 0 Å². The molecule has 1 aliphatic heterocycles. The number of likely N-dealkylation sites (tertiary alicyclic amines) is 1. The Balaban J connectivity index is 1.50. The molecule has 0 aromatic carbocycles. The summed E-state index contributed by atoms with van der Waals surface area (Å²) in [6.45, 7) is 1.15. The van der Waals surface area contributed by atoms with E-state index in [1.54, 1.807) is 22.8 Å². The molecule has 3 aromatic rings. The van der Waals surface area contributed by atoms with Crippen LogP contribution in [0, 0.1) is 0 Å². The van der Waals surface area contributed by atoms with Gasteiger partial charge in [-0.3, -0.25) is 14.2 Å². The number of aromatic nitrogens is 2. The fraction of sp³-hybridized carbons (Fsp3) is 0.353. The van der Waals surface area contributed by atoms with E-state index < -0.39 is 0 Å². The molecule has 4 heterocycles. The average Bonchev–Trinajstić information content (AvgIpc) is 3.27. The summed E-state index contributed by atoms with van der Waals surface area (Å²) in [5.41, 5.74) is 0.0104. The van der Waals surface area contributed by atoms with Crippen molar-refractivity contribution in [3.8, 4) is 0 Å². The van der Waals surface area contributed by atoms with Crippen LogP contribution in [0.2, 0.25) is 0 Å². The van der Waals surface area contributed by atoms with Gasteiger partial charge in [-0.05, 0) is 35.7 Å². The number of fused-ring (bicyclic) bond motifs is 1. The van der Waals surface area contributed by atoms with Gasteiger partial charge in [0.15, 0.2) is 0 Å². The molecule has 8 heteroatoms. The number of hydrogen-bond donors (Lipinski definition) is 1. The number of piperidine rings is 1. The molecule has 6 nitrogen and oxygen atoms in total. The van der Waals surface area contributed by atoms with E-state index in [9.17, 15) is 14.4 Å². The third-order valence-corrected chi connectivity index (χ3v) is 6.41. The molecule has 1 aliphatic rings. The number of H-pyrrole nitrogens is 1. The van der Waals surface area contributed by atoms with Crippen LogP contribution in [-0.2, 0) is 11.2 Å². The number of thiophene rings is 2. The van der Waals surface area contributed by atoms with E-state index in [1.807, 2.05) is 22.4 Å². The molecule has 1 N–H and O–H groups in total. The van der Waals surface area contributed by atoms with E-state index in [4.69, 9.17) is 0 Å². The summed E-state index contributed by atoms with van der Waals surface area (Å²) in [5, 5.41) is 3.77. The quantitative estimate of drug-likeness (QED) is 0.763. The van der Waals surface area contributed by atoms with Gasteiger partial charge >= 0.3 is 5.69 Å². The zero-order valence-corrected chi connectivity index (χ0v) is 15.1. The molecule has 25 heavy (non-hydrogen) atoms. The number of carbonyl (C=O) groups excluding carboxylic acids is 1. The standard InChI is InChI=1S/C17H17N3O3S2/c21-14(10-12-2-1-8-24-12)19-6-3-11(4-7-19)20-16(22)15-13(5-9-25-15)18-17(20)23/h1-2,5,8-9,11H,3-4,6-7,10H2,(H,18,23). The Hall–Kier alpha value is -2.19. The molecule has 1 amide bonds. The molecule has 0 aliphatic carbocycles. The molecule has 130 valence electrons. The minimum Gasteiger partial charge on any atom is -0.342 e. The van der Waals surface area contributed by atoms with Crippen molar-refractivity contribution in [3.05, 3.63) is 54.7 Å². The third kappa shape index (κ3) is 3.07. The number of nitrogens with one attached hydrogen (secondary N) is 1. The average molecular weight is 375 g/mol. The van der Waals surface area contributed by atoms with E-state index in [0.29, 0.717) is 42.6 Å². The van der Waals surface area contributed by atoms with Crippen LogP contribution in [0.5, 0.6) is 0 Å². The zero-order chi connectivity index (χ0) is 17.4. The molecule has 1 fully saturated rings. The number of carbonyl (C=O) groups is 1. The molecule has 1 saturated heterocycles. The minimum absolute atomic E-state index is 0.107. The maximum atomic E-state index is 12.6. The van der Waals surface area contributed by atoms with Gasteiger partial charge < -0.3 is 9.88 Å². The molecular formula is C17H17N3O3S2. The SMILES string of the molecule is O=C(Cc1cccs1)N1CCC(n2c(=O)[nH]c3ccsc3c2=O)CC1. The predicted molar refractivity (Wildman–Crippen MR) is 99.6 cm³/mol. The van der Waals surface area contributed by atoms with Crippen molar-refractivity contribution < 1.29 is 4.79 Å². The first-order valence-electron chi connectivity index (χ1n) is 8.15. The Morgan fingerprint density at radius 1 is 1.16 bits per heavy atom. The second-order valence-electron chi connectivity index (χ2n) is 6.14. The highest BCUT2D eigenvalue weighted by atomic mass is 32.1. The van der Waals surface area contributed by atoms with Crippen molar-refractivity contribution in [1.29, 1.82) is 0 Å². The Bertz CT molecular complexity index is 1010. The summed E-state index contributed by atoms with van der Waals surface area (Å²) in [6, 6.07) is 5.50. The maximum absolute atomic E-state index is 12.6. The summed E-state index contributed by atoms with van der Waals surface area (Å²) in [5.74, 6) is 0.107. The Kier molecular flexibility index (Phi) is 4.30. The van der Waals surface area contributed by atoms with Crippen LogP contribution in [0.15, 0.2) is 38.5 Å². The van der Waals surface area contributed by atoms with Gasteiger partial charge in [0.25, 0.3) is 5.56 Å². The molecule has 0 atom stereocenters.